The number of aryl methyl sites for hydroxylation is 1. The van der Waals surface area contributed by atoms with Crippen LogP contribution in [0.1, 0.15) is 43.9 Å². The molecule has 2 aromatic carbocycles. The normalized spacial score (nSPS) is 27.3. The van der Waals surface area contributed by atoms with Gasteiger partial charge in [0.1, 0.15) is 11.9 Å². The summed E-state index contributed by atoms with van der Waals surface area (Å²) in [6, 6.07) is 11.5. The number of anilines is 1. The lowest BCUT2D eigenvalue weighted by Crippen LogP contribution is -2.62. The van der Waals surface area contributed by atoms with Crippen molar-refractivity contribution in [3.8, 4) is 5.75 Å². The number of benzene rings is 2. The van der Waals surface area contributed by atoms with E-state index in [2.05, 4.69) is 0 Å². The highest BCUT2D eigenvalue weighted by Gasteiger charge is 2.74. The summed E-state index contributed by atoms with van der Waals surface area (Å²) in [7, 11) is 0. The van der Waals surface area contributed by atoms with E-state index >= 15 is 4.39 Å². The van der Waals surface area contributed by atoms with E-state index in [0.717, 1.165) is 6.92 Å². The standard InChI is InChI=1S/C24H25F4NO3/c1-14(2)21(30)29-13-17(32-16-7-5-4-6-8-16)10-9-15-11-19-18(12-20(15)29)22(3,25)23(19,31)24(26,27)28/h4-8,11-12,14,17,31H,9-10,13H2,1-3H3/t17-,22-,23?/m0/s1. The van der Waals surface area contributed by atoms with Gasteiger partial charge in [-0.1, -0.05) is 32.0 Å². The number of rotatable bonds is 3. The molecule has 32 heavy (non-hydrogen) atoms. The zero-order valence-corrected chi connectivity index (χ0v) is 18.0. The van der Waals surface area contributed by atoms with Crippen LogP contribution in [0.4, 0.5) is 23.2 Å². The van der Waals surface area contributed by atoms with E-state index in [1.54, 1.807) is 26.0 Å². The Bertz CT molecular complexity index is 1040. The smallest absolute Gasteiger partial charge is 0.425 e. The second kappa shape index (κ2) is 7.47. The SMILES string of the molecule is CC(C)C(=O)N1C[C@@H](Oc2ccccc2)CCc2cc3c(cc21)[C@](C)(F)C3(O)C(F)(F)F. The van der Waals surface area contributed by atoms with Crippen LogP contribution in [-0.2, 0) is 22.5 Å². The van der Waals surface area contributed by atoms with Crippen LogP contribution in [0.3, 0.4) is 0 Å². The second-order valence-corrected chi connectivity index (χ2v) is 8.93. The molecule has 0 bridgehead atoms. The predicted molar refractivity (Wildman–Crippen MR) is 111 cm³/mol. The quantitative estimate of drug-likeness (QED) is 0.667. The first-order valence-electron chi connectivity index (χ1n) is 10.6. The Morgan fingerprint density at radius 3 is 2.44 bits per heavy atom. The van der Waals surface area contributed by atoms with E-state index in [9.17, 15) is 23.1 Å². The lowest BCUT2D eigenvalue weighted by atomic mass is 9.61. The Morgan fingerprint density at radius 2 is 1.84 bits per heavy atom. The van der Waals surface area contributed by atoms with Gasteiger partial charge in [0.2, 0.25) is 11.5 Å². The molecule has 1 unspecified atom stereocenters. The van der Waals surface area contributed by atoms with Crippen LogP contribution in [0.25, 0.3) is 0 Å². The molecule has 2 aromatic rings. The fraction of sp³-hybridized carbons (Fsp3) is 0.458. The molecule has 2 aliphatic rings. The van der Waals surface area contributed by atoms with Crippen molar-refractivity contribution < 1.29 is 32.2 Å². The molecule has 0 radical (unpaired) electrons. The van der Waals surface area contributed by atoms with Gasteiger partial charge in [-0.05, 0) is 49.6 Å². The molecule has 0 saturated carbocycles. The number of alkyl halides is 4. The zero-order chi connectivity index (χ0) is 23.5. The number of aliphatic hydroxyl groups is 1. The van der Waals surface area contributed by atoms with Crippen LogP contribution >= 0.6 is 0 Å². The van der Waals surface area contributed by atoms with Gasteiger partial charge in [-0.2, -0.15) is 13.2 Å². The van der Waals surface area contributed by atoms with Crippen LogP contribution in [-0.4, -0.2) is 29.8 Å². The minimum Gasteiger partial charge on any atom is -0.489 e. The maximum atomic E-state index is 15.2. The topological polar surface area (TPSA) is 49.8 Å². The van der Waals surface area contributed by atoms with Gasteiger partial charge >= 0.3 is 6.18 Å². The number of para-hydroxylation sites is 1. The summed E-state index contributed by atoms with van der Waals surface area (Å²) in [4.78, 5) is 14.5. The Balaban J connectivity index is 1.77. The zero-order valence-electron chi connectivity index (χ0n) is 18.0. The summed E-state index contributed by atoms with van der Waals surface area (Å²) in [5.41, 5.74) is -6.52. The van der Waals surface area contributed by atoms with Gasteiger partial charge in [-0.15, -0.1) is 0 Å². The summed E-state index contributed by atoms with van der Waals surface area (Å²) in [6.45, 7) is 4.36. The van der Waals surface area contributed by atoms with Gasteiger partial charge in [0.05, 0.1) is 6.54 Å². The molecule has 1 aliphatic carbocycles. The highest BCUT2D eigenvalue weighted by Crippen LogP contribution is 2.63. The number of carbonyl (C=O) groups excluding carboxylic acids is 1. The summed E-state index contributed by atoms with van der Waals surface area (Å²) < 4.78 is 62.0. The third-order valence-corrected chi connectivity index (χ3v) is 6.42. The second-order valence-electron chi connectivity index (χ2n) is 8.93. The van der Waals surface area contributed by atoms with Crippen LogP contribution in [0.5, 0.6) is 5.75 Å². The number of carbonyl (C=O) groups is 1. The molecule has 0 fully saturated rings. The highest BCUT2D eigenvalue weighted by atomic mass is 19.4. The molecule has 8 heteroatoms. The van der Waals surface area contributed by atoms with Crippen molar-refractivity contribution in [3.63, 3.8) is 0 Å². The highest BCUT2D eigenvalue weighted by molar-refractivity contribution is 5.96. The molecular formula is C24H25F4NO3. The van der Waals surface area contributed by atoms with Gasteiger partial charge in [0, 0.05) is 22.7 Å². The van der Waals surface area contributed by atoms with Crippen LogP contribution < -0.4 is 9.64 Å². The Labute approximate surface area is 183 Å². The van der Waals surface area contributed by atoms with Crippen molar-refractivity contribution >= 4 is 11.6 Å². The van der Waals surface area contributed by atoms with Crippen LogP contribution in [0.15, 0.2) is 42.5 Å². The Morgan fingerprint density at radius 1 is 1.19 bits per heavy atom. The minimum absolute atomic E-state index is 0.185. The van der Waals surface area contributed by atoms with Crippen LogP contribution in [0.2, 0.25) is 0 Å². The number of hydrogen-bond donors (Lipinski definition) is 1. The Kier molecular flexibility index (Phi) is 5.27. The number of fused-ring (bicyclic) bond motifs is 2. The molecular weight excluding hydrogens is 426 g/mol. The lowest BCUT2D eigenvalue weighted by molar-refractivity contribution is -0.328. The third kappa shape index (κ3) is 3.27. The minimum atomic E-state index is -5.17. The van der Waals surface area contributed by atoms with E-state index < -0.39 is 29.1 Å². The van der Waals surface area contributed by atoms with Crippen molar-refractivity contribution in [2.45, 2.75) is 57.2 Å². The first kappa shape index (κ1) is 22.6. The molecule has 0 spiro atoms. The summed E-state index contributed by atoms with van der Waals surface area (Å²) in [6.07, 6.45) is -4.81. The average molecular weight is 451 g/mol. The lowest BCUT2D eigenvalue weighted by Gasteiger charge is -2.51. The predicted octanol–water partition coefficient (Wildman–Crippen LogP) is 5.02. The number of ether oxygens (including phenoxy) is 1. The fourth-order valence-corrected chi connectivity index (χ4v) is 4.59. The molecule has 3 atom stereocenters. The third-order valence-electron chi connectivity index (χ3n) is 6.42. The van der Waals surface area contributed by atoms with Crippen molar-refractivity contribution in [2.75, 3.05) is 11.4 Å². The van der Waals surface area contributed by atoms with E-state index in [1.807, 2.05) is 18.2 Å². The van der Waals surface area contributed by atoms with Crippen molar-refractivity contribution in [1.29, 1.82) is 0 Å². The number of halogens is 4. The van der Waals surface area contributed by atoms with Gasteiger partial charge in [-0.25, -0.2) is 4.39 Å². The van der Waals surface area contributed by atoms with Crippen molar-refractivity contribution in [1.82, 2.24) is 0 Å². The van der Waals surface area contributed by atoms with Gasteiger partial charge in [-0.3, -0.25) is 4.79 Å². The molecule has 4 nitrogen and oxygen atoms in total. The fourth-order valence-electron chi connectivity index (χ4n) is 4.59. The van der Waals surface area contributed by atoms with E-state index in [1.165, 1.54) is 17.0 Å². The Hall–Kier alpha value is -2.61. The maximum Gasteiger partial charge on any atom is 0.425 e. The molecule has 1 aliphatic heterocycles. The molecule has 1 heterocycles. The van der Waals surface area contributed by atoms with Gasteiger partial charge in [0.25, 0.3) is 0 Å². The first-order valence-corrected chi connectivity index (χ1v) is 10.6. The number of amides is 1. The molecule has 172 valence electrons. The summed E-state index contributed by atoms with van der Waals surface area (Å²) in [5.74, 6) is 0.00265. The monoisotopic (exact) mass is 451 g/mol. The molecule has 0 aromatic heterocycles. The first-order chi connectivity index (χ1) is 14.9. The van der Waals surface area contributed by atoms with E-state index in [0.29, 0.717) is 29.8 Å². The van der Waals surface area contributed by atoms with Gasteiger partial charge in [0.15, 0.2) is 5.67 Å². The molecule has 4 rings (SSSR count). The maximum absolute atomic E-state index is 15.2. The largest absolute Gasteiger partial charge is 0.489 e. The molecule has 1 N–H and O–H groups in total. The number of nitrogens with zero attached hydrogens (tertiary/aromatic N) is 1. The van der Waals surface area contributed by atoms with E-state index in [-0.39, 0.29) is 23.9 Å². The van der Waals surface area contributed by atoms with Crippen LogP contribution in [0, 0.1) is 5.92 Å². The summed E-state index contributed by atoms with van der Waals surface area (Å²) in [5, 5.41) is 10.3. The van der Waals surface area contributed by atoms with Gasteiger partial charge < -0.3 is 14.7 Å². The summed E-state index contributed by atoms with van der Waals surface area (Å²) >= 11 is 0. The molecule has 1 amide bonds. The molecule has 0 saturated heterocycles. The van der Waals surface area contributed by atoms with Crippen molar-refractivity contribution in [3.05, 3.63) is 59.2 Å². The average Bonchev–Trinajstić information content (AvgIpc) is 2.91. The van der Waals surface area contributed by atoms with Crippen molar-refractivity contribution in [2.24, 2.45) is 5.92 Å². The number of hydrogen-bond acceptors (Lipinski definition) is 3. The van der Waals surface area contributed by atoms with E-state index in [4.69, 9.17) is 4.74 Å².